The Kier molecular flexibility index (Phi) is 5.93. The summed E-state index contributed by atoms with van der Waals surface area (Å²) in [5.41, 5.74) is 0.153. The molecule has 0 saturated carbocycles. The van der Waals surface area contributed by atoms with Gasteiger partial charge in [0.05, 0.1) is 11.7 Å². The van der Waals surface area contributed by atoms with Crippen LogP contribution in [0.3, 0.4) is 0 Å². The monoisotopic (exact) mass is 213 g/mol. The standard InChI is InChI=1S/C10H9NO3.Na/c1-2-9(12)11-8-6-4-3-5-7(8)10(13)14;/h2-6H,1H2,(H,11,12)(H,13,14);/q;+1/p-1. The van der Waals surface area contributed by atoms with Crippen molar-refractivity contribution in [1.82, 2.24) is 0 Å². The van der Waals surface area contributed by atoms with E-state index in [-0.39, 0.29) is 40.8 Å². The number of para-hydroxylation sites is 1. The fraction of sp³-hybridized carbons (Fsp3) is 0. The van der Waals surface area contributed by atoms with Crippen molar-refractivity contribution in [2.75, 3.05) is 5.32 Å². The van der Waals surface area contributed by atoms with Crippen LogP contribution in [0.25, 0.3) is 0 Å². The average molecular weight is 213 g/mol. The zero-order chi connectivity index (χ0) is 10.6. The molecule has 1 amide bonds. The van der Waals surface area contributed by atoms with Crippen LogP contribution >= 0.6 is 0 Å². The number of nitrogens with one attached hydrogen (secondary N) is 1. The molecule has 0 spiro atoms. The molecule has 72 valence electrons. The van der Waals surface area contributed by atoms with Crippen LogP contribution in [0.1, 0.15) is 10.4 Å². The van der Waals surface area contributed by atoms with Crippen molar-refractivity contribution in [3.63, 3.8) is 0 Å². The second-order valence-corrected chi connectivity index (χ2v) is 2.53. The van der Waals surface area contributed by atoms with Gasteiger partial charge in [-0.3, -0.25) is 4.79 Å². The molecule has 0 aliphatic rings. The first-order valence-electron chi connectivity index (χ1n) is 3.89. The Labute approximate surface area is 109 Å². The normalized spacial score (nSPS) is 8.53. The average Bonchev–Trinajstić information content (AvgIpc) is 2.18. The molecule has 0 bridgehead atoms. The molecule has 4 nitrogen and oxygen atoms in total. The van der Waals surface area contributed by atoms with E-state index in [1.54, 1.807) is 12.1 Å². The van der Waals surface area contributed by atoms with Gasteiger partial charge in [0, 0.05) is 5.56 Å². The molecular weight excluding hydrogens is 205 g/mol. The number of carbonyl (C=O) groups is 2. The van der Waals surface area contributed by atoms with Crippen LogP contribution in [0.4, 0.5) is 5.69 Å². The van der Waals surface area contributed by atoms with Crippen molar-refractivity contribution >= 4 is 17.6 Å². The van der Waals surface area contributed by atoms with Gasteiger partial charge < -0.3 is 15.2 Å². The number of amides is 1. The van der Waals surface area contributed by atoms with Crippen LogP contribution in [-0.2, 0) is 4.79 Å². The number of benzene rings is 1. The first-order chi connectivity index (χ1) is 6.65. The number of carboxylic acid groups (broad SMARTS) is 1. The fourth-order valence-corrected chi connectivity index (χ4v) is 0.954. The van der Waals surface area contributed by atoms with Gasteiger partial charge in [0.2, 0.25) is 5.91 Å². The van der Waals surface area contributed by atoms with Gasteiger partial charge in [0.15, 0.2) is 0 Å². The van der Waals surface area contributed by atoms with Crippen LogP contribution < -0.4 is 40.0 Å². The molecule has 15 heavy (non-hydrogen) atoms. The maximum Gasteiger partial charge on any atom is 1.00 e. The smallest absolute Gasteiger partial charge is 0.545 e. The summed E-state index contributed by atoms with van der Waals surface area (Å²) in [6.45, 7) is 3.26. The van der Waals surface area contributed by atoms with Crippen LogP contribution in [0.15, 0.2) is 36.9 Å². The van der Waals surface area contributed by atoms with Gasteiger partial charge in [0.1, 0.15) is 0 Å². The molecule has 1 aromatic carbocycles. The molecule has 0 aliphatic heterocycles. The summed E-state index contributed by atoms with van der Waals surface area (Å²) in [5, 5.41) is 13.0. The quantitative estimate of drug-likeness (QED) is 0.435. The van der Waals surface area contributed by atoms with Crippen molar-refractivity contribution in [3.05, 3.63) is 42.5 Å². The zero-order valence-electron chi connectivity index (χ0n) is 8.32. The van der Waals surface area contributed by atoms with Gasteiger partial charge in [0.25, 0.3) is 0 Å². The number of rotatable bonds is 3. The van der Waals surface area contributed by atoms with E-state index in [0.717, 1.165) is 6.08 Å². The summed E-state index contributed by atoms with van der Waals surface area (Å²) in [4.78, 5) is 21.5. The van der Waals surface area contributed by atoms with Crippen molar-refractivity contribution in [1.29, 1.82) is 0 Å². The maximum atomic E-state index is 10.9. The van der Waals surface area contributed by atoms with Crippen LogP contribution in [0, 0.1) is 0 Å². The van der Waals surface area contributed by atoms with E-state index < -0.39 is 11.9 Å². The van der Waals surface area contributed by atoms with Crippen LogP contribution in [0.5, 0.6) is 0 Å². The summed E-state index contributed by atoms with van der Waals surface area (Å²) in [6.07, 6.45) is 1.06. The molecule has 1 aromatic rings. The zero-order valence-corrected chi connectivity index (χ0v) is 10.3. The second-order valence-electron chi connectivity index (χ2n) is 2.53. The molecule has 0 saturated heterocycles. The predicted molar refractivity (Wildman–Crippen MR) is 49.6 cm³/mol. The molecular formula is C10H8NNaO3. The Morgan fingerprint density at radius 2 is 1.93 bits per heavy atom. The minimum atomic E-state index is -1.33. The second kappa shape index (κ2) is 6.40. The van der Waals surface area contributed by atoms with E-state index in [9.17, 15) is 14.7 Å². The van der Waals surface area contributed by atoms with E-state index in [0.29, 0.717) is 0 Å². The van der Waals surface area contributed by atoms with Crippen molar-refractivity contribution in [3.8, 4) is 0 Å². The van der Waals surface area contributed by atoms with Crippen LogP contribution in [-0.4, -0.2) is 11.9 Å². The summed E-state index contributed by atoms with van der Waals surface area (Å²) in [6, 6.07) is 6.00. The molecule has 0 atom stereocenters. The third-order valence-corrected chi connectivity index (χ3v) is 1.59. The summed E-state index contributed by atoms with van der Waals surface area (Å²) in [7, 11) is 0. The van der Waals surface area contributed by atoms with Crippen molar-refractivity contribution < 1.29 is 44.3 Å². The Morgan fingerprint density at radius 1 is 1.33 bits per heavy atom. The van der Waals surface area contributed by atoms with Gasteiger partial charge in [-0.05, 0) is 12.1 Å². The number of hydrogen-bond acceptors (Lipinski definition) is 3. The Morgan fingerprint density at radius 3 is 2.47 bits per heavy atom. The Balaban J connectivity index is 0.00000196. The third kappa shape index (κ3) is 3.87. The fourth-order valence-electron chi connectivity index (χ4n) is 0.954. The first kappa shape index (κ1) is 13.9. The van der Waals surface area contributed by atoms with Gasteiger partial charge in [-0.25, -0.2) is 0 Å². The molecule has 5 heteroatoms. The number of carboxylic acids is 1. The summed E-state index contributed by atoms with van der Waals surface area (Å²) >= 11 is 0. The molecule has 0 radical (unpaired) electrons. The molecule has 1 N–H and O–H groups in total. The number of carbonyl (C=O) groups excluding carboxylic acids is 2. The number of hydrogen-bond donors (Lipinski definition) is 1. The summed E-state index contributed by atoms with van der Waals surface area (Å²) < 4.78 is 0. The van der Waals surface area contributed by atoms with Crippen molar-refractivity contribution in [2.45, 2.75) is 0 Å². The van der Waals surface area contributed by atoms with Crippen molar-refractivity contribution in [2.24, 2.45) is 0 Å². The molecule has 0 aliphatic carbocycles. The summed E-state index contributed by atoms with van der Waals surface area (Å²) in [5.74, 6) is -1.79. The molecule has 1 rings (SSSR count). The molecule has 0 unspecified atom stereocenters. The van der Waals surface area contributed by atoms with Gasteiger partial charge in [-0.2, -0.15) is 0 Å². The van der Waals surface area contributed by atoms with E-state index in [2.05, 4.69) is 11.9 Å². The van der Waals surface area contributed by atoms with Gasteiger partial charge in [-0.1, -0.05) is 24.8 Å². The maximum absolute atomic E-state index is 10.9. The first-order valence-corrected chi connectivity index (χ1v) is 3.89. The van der Waals surface area contributed by atoms with Gasteiger partial charge in [-0.15, -0.1) is 0 Å². The third-order valence-electron chi connectivity index (χ3n) is 1.59. The minimum absolute atomic E-state index is 0. The van der Waals surface area contributed by atoms with E-state index >= 15 is 0 Å². The molecule has 0 heterocycles. The predicted octanol–water partition coefficient (Wildman–Crippen LogP) is -2.82. The molecule has 0 aromatic heterocycles. The Bertz CT molecular complexity index is 390. The SMILES string of the molecule is C=CC(=O)Nc1ccccc1C(=O)[O-].[Na+]. The Hall–Kier alpha value is -1.10. The van der Waals surface area contributed by atoms with E-state index in [1.165, 1.54) is 12.1 Å². The van der Waals surface area contributed by atoms with Crippen LogP contribution in [0.2, 0.25) is 0 Å². The van der Waals surface area contributed by atoms with E-state index in [1.807, 2.05) is 0 Å². The topological polar surface area (TPSA) is 69.2 Å². The largest absolute Gasteiger partial charge is 1.00 e. The number of aromatic carboxylic acids is 1. The number of anilines is 1. The van der Waals surface area contributed by atoms with E-state index in [4.69, 9.17) is 0 Å². The minimum Gasteiger partial charge on any atom is -0.545 e. The molecule has 0 fully saturated rings. The van der Waals surface area contributed by atoms with Gasteiger partial charge >= 0.3 is 29.6 Å².